The van der Waals surface area contributed by atoms with Crippen LogP contribution in [-0.4, -0.2) is 37.8 Å². The van der Waals surface area contributed by atoms with E-state index in [0.29, 0.717) is 12.2 Å². The monoisotopic (exact) mass is 416 g/mol. The molecule has 0 aliphatic carbocycles. The van der Waals surface area contributed by atoms with Crippen molar-refractivity contribution in [2.24, 2.45) is 0 Å². The number of aromatic nitrogens is 1. The second-order valence-electron chi connectivity index (χ2n) is 7.10. The molecule has 1 aromatic carbocycles. The minimum atomic E-state index is -3.76. The van der Waals surface area contributed by atoms with Crippen molar-refractivity contribution < 1.29 is 18.0 Å². The maximum absolute atomic E-state index is 12.6. The third-order valence-corrected chi connectivity index (χ3v) is 6.29. The normalized spacial score (nSPS) is 15.8. The number of fused-ring (bicyclic) bond motifs is 1. The van der Waals surface area contributed by atoms with E-state index in [1.54, 1.807) is 29.3 Å². The van der Waals surface area contributed by atoms with Crippen LogP contribution < -0.4 is 14.9 Å². The average molecular weight is 417 g/mol. The molecule has 2 aromatic rings. The molecule has 0 fully saturated rings. The summed E-state index contributed by atoms with van der Waals surface area (Å²) in [6.07, 6.45) is 2.16. The van der Waals surface area contributed by atoms with Crippen LogP contribution in [0.25, 0.3) is 0 Å². The van der Waals surface area contributed by atoms with Crippen LogP contribution in [0.15, 0.2) is 41.4 Å². The van der Waals surface area contributed by atoms with Gasteiger partial charge >= 0.3 is 0 Å². The number of hydrogen-bond acceptors (Lipinski definition) is 5. The second-order valence-corrected chi connectivity index (χ2v) is 8.86. The number of amides is 2. The molecule has 9 heteroatoms. The van der Waals surface area contributed by atoms with E-state index in [-0.39, 0.29) is 35.7 Å². The highest BCUT2D eigenvalue weighted by atomic mass is 32.2. The summed E-state index contributed by atoms with van der Waals surface area (Å²) >= 11 is 0. The minimum absolute atomic E-state index is 0.00726. The number of hydrogen-bond donors (Lipinski definition) is 2. The number of nitrogens with one attached hydrogen (secondary N) is 2. The van der Waals surface area contributed by atoms with Crippen LogP contribution in [0.3, 0.4) is 0 Å². The number of anilines is 2. The summed E-state index contributed by atoms with van der Waals surface area (Å²) in [5.74, 6) is 0.0663. The zero-order chi connectivity index (χ0) is 21.2. The summed E-state index contributed by atoms with van der Waals surface area (Å²) in [4.78, 5) is 29.7. The first-order valence-electron chi connectivity index (χ1n) is 9.33. The predicted molar refractivity (Wildman–Crippen MR) is 110 cm³/mol. The summed E-state index contributed by atoms with van der Waals surface area (Å²) in [7, 11) is -3.76. The van der Waals surface area contributed by atoms with Crippen molar-refractivity contribution in [3.05, 3.63) is 47.7 Å². The van der Waals surface area contributed by atoms with Crippen molar-refractivity contribution in [3.63, 3.8) is 0 Å². The summed E-state index contributed by atoms with van der Waals surface area (Å²) in [5, 5.41) is 2.67. The fourth-order valence-corrected chi connectivity index (χ4v) is 4.53. The summed E-state index contributed by atoms with van der Waals surface area (Å²) in [5.41, 5.74) is 2.39. The summed E-state index contributed by atoms with van der Waals surface area (Å²) < 4.78 is 27.6. The van der Waals surface area contributed by atoms with Gasteiger partial charge in [0.05, 0.1) is 4.90 Å². The number of sulfonamides is 1. The number of aryl methyl sites for hydroxylation is 1. The van der Waals surface area contributed by atoms with Gasteiger partial charge in [0.15, 0.2) is 0 Å². The minimum Gasteiger partial charge on any atom is -0.310 e. The third kappa shape index (κ3) is 4.63. The molecule has 1 aliphatic heterocycles. The van der Waals surface area contributed by atoms with Crippen molar-refractivity contribution in [1.29, 1.82) is 0 Å². The molecule has 0 saturated carbocycles. The first-order valence-corrected chi connectivity index (χ1v) is 10.8. The fraction of sp³-hybridized carbons (Fsp3) is 0.350. The Balaban J connectivity index is 1.62. The van der Waals surface area contributed by atoms with Gasteiger partial charge in [0.25, 0.3) is 0 Å². The van der Waals surface area contributed by atoms with Gasteiger partial charge < -0.3 is 10.2 Å². The van der Waals surface area contributed by atoms with Crippen molar-refractivity contribution in [1.82, 2.24) is 9.71 Å². The molecule has 3 rings (SSSR count). The Bertz CT molecular complexity index is 1050. The van der Waals surface area contributed by atoms with Crippen molar-refractivity contribution in [2.75, 3.05) is 16.8 Å². The molecular weight excluding hydrogens is 392 g/mol. The SMILES string of the molecule is CC(=O)N1c2ccc(S(=O)(=O)NCCC(=O)Nc3ncccc3C)cc2C[C@H]1C. The van der Waals surface area contributed by atoms with E-state index in [0.717, 1.165) is 16.8 Å². The molecule has 0 radical (unpaired) electrons. The van der Waals surface area contributed by atoms with Gasteiger partial charge in [-0.05, 0) is 55.7 Å². The molecule has 1 aliphatic rings. The average Bonchev–Trinajstić information content (AvgIpc) is 2.98. The maximum atomic E-state index is 12.6. The molecule has 0 spiro atoms. The van der Waals surface area contributed by atoms with E-state index >= 15 is 0 Å². The second kappa shape index (κ2) is 8.30. The highest BCUT2D eigenvalue weighted by Gasteiger charge is 2.30. The quantitative estimate of drug-likeness (QED) is 0.749. The molecule has 0 bridgehead atoms. The lowest BCUT2D eigenvalue weighted by atomic mass is 10.1. The van der Waals surface area contributed by atoms with Crippen LogP contribution in [0.5, 0.6) is 0 Å². The molecule has 1 aromatic heterocycles. The predicted octanol–water partition coefficient (Wildman–Crippen LogP) is 1.99. The molecule has 0 saturated heterocycles. The number of pyridine rings is 1. The Hall–Kier alpha value is -2.78. The third-order valence-electron chi connectivity index (χ3n) is 4.83. The van der Waals surface area contributed by atoms with Gasteiger partial charge in [-0.25, -0.2) is 18.1 Å². The van der Waals surface area contributed by atoms with Crippen LogP contribution in [0.1, 0.15) is 31.4 Å². The topological polar surface area (TPSA) is 108 Å². The van der Waals surface area contributed by atoms with Crippen molar-refractivity contribution >= 4 is 33.3 Å². The molecule has 8 nitrogen and oxygen atoms in total. The van der Waals surface area contributed by atoms with E-state index in [2.05, 4.69) is 15.0 Å². The molecule has 154 valence electrons. The number of carbonyl (C=O) groups excluding carboxylic acids is 2. The van der Waals surface area contributed by atoms with Crippen LogP contribution >= 0.6 is 0 Å². The number of carbonyl (C=O) groups is 2. The summed E-state index contributed by atoms with van der Waals surface area (Å²) in [6.45, 7) is 5.21. The van der Waals surface area contributed by atoms with E-state index in [1.807, 2.05) is 19.9 Å². The molecule has 29 heavy (non-hydrogen) atoms. The fourth-order valence-electron chi connectivity index (χ4n) is 3.45. The molecule has 0 unspecified atom stereocenters. The van der Waals surface area contributed by atoms with E-state index in [9.17, 15) is 18.0 Å². The molecule has 2 heterocycles. The van der Waals surface area contributed by atoms with Gasteiger partial charge in [-0.15, -0.1) is 0 Å². The largest absolute Gasteiger partial charge is 0.310 e. The van der Waals surface area contributed by atoms with Gasteiger partial charge in [-0.2, -0.15) is 0 Å². The van der Waals surface area contributed by atoms with E-state index < -0.39 is 10.0 Å². The van der Waals surface area contributed by atoms with E-state index in [4.69, 9.17) is 0 Å². The lowest BCUT2D eigenvalue weighted by Gasteiger charge is -2.20. The Morgan fingerprint density at radius 2 is 2.03 bits per heavy atom. The van der Waals surface area contributed by atoms with Gasteiger partial charge in [-0.3, -0.25) is 9.59 Å². The Labute approximate surface area is 170 Å². The number of benzene rings is 1. The highest BCUT2D eigenvalue weighted by molar-refractivity contribution is 7.89. The Morgan fingerprint density at radius 1 is 1.28 bits per heavy atom. The van der Waals surface area contributed by atoms with Crippen LogP contribution in [0, 0.1) is 6.92 Å². The van der Waals surface area contributed by atoms with E-state index in [1.165, 1.54) is 13.0 Å². The molecular formula is C20H24N4O4S. The lowest BCUT2D eigenvalue weighted by Crippen LogP contribution is -2.33. The summed E-state index contributed by atoms with van der Waals surface area (Å²) in [6, 6.07) is 8.32. The first kappa shape index (κ1) is 20.9. The van der Waals surface area contributed by atoms with Crippen LogP contribution in [0.4, 0.5) is 11.5 Å². The van der Waals surface area contributed by atoms with Crippen molar-refractivity contribution in [2.45, 2.75) is 44.6 Å². The molecule has 1 atom stereocenters. The maximum Gasteiger partial charge on any atom is 0.240 e. The van der Waals surface area contributed by atoms with Gasteiger partial charge in [-0.1, -0.05) is 6.07 Å². The zero-order valence-corrected chi connectivity index (χ0v) is 17.4. The molecule has 2 amide bonds. The van der Waals surface area contributed by atoms with Gasteiger partial charge in [0.2, 0.25) is 21.8 Å². The molecule has 2 N–H and O–H groups in total. The van der Waals surface area contributed by atoms with Gasteiger partial charge in [0, 0.05) is 37.8 Å². The Morgan fingerprint density at radius 3 is 2.72 bits per heavy atom. The number of nitrogens with zero attached hydrogens (tertiary/aromatic N) is 2. The highest BCUT2D eigenvalue weighted by Crippen LogP contribution is 2.33. The van der Waals surface area contributed by atoms with Crippen molar-refractivity contribution in [3.8, 4) is 0 Å². The first-order chi connectivity index (χ1) is 13.7. The zero-order valence-electron chi connectivity index (χ0n) is 16.6. The smallest absolute Gasteiger partial charge is 0.240 e. The lowest BCUT2D eigenvalue weighted by molar-refractivity contribution is -0.117. The van der Waals surface area contributed by atoms with Gasteiger partial charge in [0.1, 0.15) is 5.82 Å². The number of rotatable bonds is 6. The standard InChI is InChI=1S/C20H24N4O4S/c1-13-5-4-9-21-20(13)23-19(26)8-10-22-29(27,28)17-6-7-18-16(12-17)11-14(2)24(18)15(3)25/h4-7,9,12,14,22H,8,10-11H2,1-3H3,(H,21,23,26)/t14-/m1/s1. The Kier molecular flexibility index (Phi) is 5.99. The van der Waals surface area contributed by atoms with Crippen LogP contribution in [-0.2, 0) is 26.0 Å². The van der Waals surface area contributed by atoms with Crippen LogP contribution in [0.2, 0.25) is 0 Å².